The van der Waals surface area contributed by atoms with Crippen LogP contribution in [-0.4, -0.2) is 61.1 Å². The zero-order valence-electron chi connectivity index (χ0n) is 23.2. The summed E-state index contributed by atoms with van der Waals surface area (Å²) in [6, 6.07) is 13.6. The Morgan fingerprint density at radius 1 is 0.846 bits per heavy atom. The summed E-state index contributed by atoms with van der Waals surface area (Å²) in [4.78, 5) is 37.5. The Bertz CT molecular complexity index is 1100. The molecule has 0 aliphatic rings. The van der Waals surface area contributed by atoms with Crippen molar-refractivity contribution >= 4 is 24.0 Å². The van der Waals surface area contributed by atoms with Gasteiger partial charge in [0.15, 0.2) is 0 Å². The van der Waals surface area contributed by atoms with Crippen LogP contribution in [0, 0.1) is 13.8 Å². The molecule has 0 aliphatic heterocycles. The van der Waals surface area contributed by atoms with E-state index in [2.05, 4.69) is 6.92 Å². The number of carbonyl (C=O) groups is 3. The van der Waals surface area contributed by atoms with E-state index in [-0.39, 0.29) is 26.4 Å². The number of allylic oxidation sites excluding steroid dienone is 1. The van der Waals surface area contributed by atoms with Crippen LogP contribution in [0.5, 0.6) is 11.5 Å². The molecule has 212 valence electrons. The van der Waals surface area contributed by atoms with Crippen LogP contribution in [-0.2, 0) is 33.3 Å². The number of carbonyl (C=O) groups excluding carboxylic acids is 3. The van der Waals surface area contributed by atoms with Gasteiger partial charge in [0.1, 0.15) is 11.5 Å². The third kappa shape index (κ3) is 8.94. The maximum Gasteiger partial charge on any atom is 0.353 e. The third-order valence-electron chi connectivity index (χ3n) is 5.76. The van der Waals surface area contributed by atoms with Crippen molar-refractivity contribution < 1.29 is 43.2 Å². The van der Waals surface area contributed by atoms with Crippen LogP contribution in [0.25, 0.3) is 6.08 Å². The molecule has 1 atom stereocenters. The topological polar surface area (TPSA) is 118 Å². The van der Waals surface area contributed by atoms with Crippen LogP contribution in [0.1, 0.15) is 50.3 Å². The van der Waals surface area contributed by atoms with Crippen molar-refractivity contribution in [2.45, 2.75) is 59.2 Å². The predicted octanol–water partition coefficient (Wildman–Crippen LogP) is 4.69. The van der Waals surface area contributed by atoms with Crippen molar-refractivity contribution in [3.05, 3.63) is 65.2 Å². The molecule has 0 amide bonds. The fourth-order valence-corrected chi connectivity index (χ4v) is 3.54. The fourth-order valence-electron chi connectivity index (χ4n) is 3.54. The lowest BCUT2D eigenvalue weighted by molar-refractivity contribution is -0.208. The Hall–Kier alpha value is -3.69. The lowest BCUT2D eigenvalue weighted by atomic mass is 9.96. The summed E-state index contributed by atoms with van der Waals surface area (Å²) in [5.74, 6) is -2.25. The van der Waals surface area contributed by atoms with Crippen molar-refractivity contribution in [2.75, 3.05) is 26.4 Å². The number of benzene rings is 2. The van der Waals surface area contributed by atoms with Gasteiger partial charge >= 0.3 is 17.9 Å². The highest BCUT2D eigenvalue weighted by molar-refractivity contribution is 6.08. The van der Waals surface area contributed by atoms with Crippen molar-refractivity contribution in [1.82, 2.24) is 0 Å². The summed E-state index contributed by atoms with van der Waals surface area (Å²) in [6.45, 7) is 8.31. The molecule has 9 nitrogen and oxygen atoms in total. The van der Waals surface area contributed by atoms with E-state index in [1.54, 1.807) is 6.92 Å². The molecule has 2 aromatic rings. The highest BCUT2D eigenvalue weighted by Gasteiger charge is 2.58. The van der Waals surface area contributed by atoms with Crippen LogP contribution in [0.3, 0.4) is 0 Å². The molecular formula is C30H38O9. The largest absolute Gasteiger partial charge is 0.464 e. The van der Waals surface area contributed by atoms with Crippen LogP contribution in [0.15, 0.2) is 48.5 Å². The Kier molecular flexibility index (Phi) is 12.7. The number of hydrogen-bond acceptors (Lipinski definition) is 9. The van der Waals surface area contributed by atoms with E-state index in [0.29, 0.717) is 12.8 Å². The second-order valence-electron chi connectivity index (χ2n) is 8.67. The van der Waals surface area contributed by atoms with Crippen molar-refractivity contribution in [3.8, 4) is 11.5 Å². The average molecular weight is 543 g/mol. The minimum absolute atomic E-state index is 0.0440. The van der Waals surface area contributed by atoms with Crippen LogP contribution >= 0.6 is 0 Å². The standard InChI is InChI=1S/C30H38O9/c1-6-35-27(31)26(30(34,28(32)36-7-2)29(33)37-8-3)38-19-11-9-10-12-23-14-17-24(18-15-23)39-25-16-13-21(4)22(5)20-25/h10,12-18,20,26,34H,6-9,11,19H2,1-5H3/b12-10+. The van der Waals surface area contributed by atoms with Crippen LogP contribution in [0.2, 0.25) is 0 Å². The first kappa shape index (κ1) is 31.5. The monoisotopic (exact) mass is 542 g/mol. The molecule has 9 heteroatoms. The summed E-state index contributed by atoms with van der Waals surface area (Å²) < 4.78 is 26.0. The van der Waals surface area contributed by atoms with E-state index in [1.807, 2.05) is 61.5 Å². The van der Waals surface area contributed by atoms with Gasteiger partial charge in [-0.2, -0.15) is 0 Å². The molecule has 39 heavy (non-hydrogen) atoms. The molecule has 2 rings (SSSR count). The smallest absolute Gasteiger partial charge is 0.353 e. The van der Waals surface area contributed by atoms with E-state index >= 15 is 0 Å². The lowest BCUT2D eigenvalue weighted by Crippen LogP contribution is -2.61. The molecule has 2 aromatic carbocycles. The predicted molar refractivity (Wildman–Crippen MR) is 145 cm³/mol. The van der Waals surface area contributed by atoms with Crippen LogP contribution < -0.4 is 4.74 Å². The summed E-state index contributed by atoms with van der Waals surface area (Å²) in [6.07, 6.45) is 2.90. The molecule has 0 radical (unpaired) electrons. The van der Waals surface area contributed by atoms with E-state index in [1.165, 1.54) is 19.4 Å². The number of aryl methyl sites for hydroxylation is 2. The molecule has 1 unspecified atom stereocenters. The van der Waals surface area contributed by atoms with Crippen molar-refractivity contribution in [2.24, 2.45) is 0 Å². The molecule has 0 bridgehead atoms. The summed E-state index contributed by atoms with van der Waals surface area (Å²) in [5, 5.41) is 11.0. The number of ether oxygens (including phenoxy) is 5. The van der Waals surface area contributed by atoms with Gasteiger partial charge < -0.3 is 28.8 Å². The zero-order valence-corrected chi connectivity index (χ0v) is 23.2. The van der Waals surface area contributed by atoms with Gasteiger partial charge in [-0.15, -0.1) is 0 Å². The number of unbranched alkanes of at least 4 members (excludes halogenated alkanes) is 1. The molecule has 1 N–H and O–H groups in total. The number of aliphatic hydroxyl groups is 1. The molecule has 0 aromatic heterocycles. The lowest BCUT2D eigenvalue weighted by Gasteiger charge is -2.30. The first-order valence-corrected chi connectivity index (χ1v) is 13.0. The van der Waals surface area contributed by atoms with E-state index in [9.17, 15) is 19.5 Å². The molecule has 0 fully saturated rings. The van der Waals surface area contributed by atoms with E-state index in [4.69, 9.17) is 23.7 Å². The van der Waals surface area contributed by atoms with Crippen molar-refractivity contribution in [1.29, 1.82) is 0 Å². The molecular weight excluding hydrogens is 504 g/mol. The average Bonchev–Trinajstić information content (AvgIpc) is 2.91. The highest BCUT2D eigenvalue weighted by Crippen LogP contribution is 2.25. The third-order valence-corrected chi connectivity index (χ3v) is 5.76. The first-order chi connectivity index (χ1) is 18.7. The second-order valence-corrected chi connectivity index (χ2v) is 8.67. The van der Waals surface area contributed by atoms with Gasteiger partial charge in [0.2, 0.25) is 6.10 Å². The summed E-state index contributed by atoms with van der Waals surface area (Å²) >= 11 is 0. The number of esters is 3. The maximum absolute atomic E-state index is 12.5. The van der Waals surface area contributed by atoms with Crippen LogP contribution in [0.4, 0.5) is 0 Å². The van der Waals surface area contributed by atoms with Gasteiger partial charge in [0, 0.05) is 6.61 Å². The normalized spacial score (nSPS) is 12.2. The zero-order chi connectivity index (χ0) is 28.8. The van der Waals surface area contributed by atoms with Gasteiger partial charge in [-0.1, -0.05) is 30.4 Å². The molecule has 0 saturated heterocycles. The van der Waals surface area contributed by atoms with E-state index in [0.717, 1.165) is 22.6 Å². The molecule has 0 spiro atoms. The Balaban J connectivity index is 1.97. The quantitative estimate of drug-likeness (QED) is 0.148. The second kappa shape index (κ2) is 15.7. The first-order valence-electron chi connectivity index (χ1n) is 13.0. The summed E-state index contributed by atoms with van der Waals surface area (Å²) in [7, 11) is 0. The number of hydrogen-bond donors (Lipinski definition) is 1. The molecule has 0 saturated carbocycles. The molecule has 0 aliphatic carbocycles. The van der Waals surface area contributed by atoms with Gasteiger partial charge in [0.25, 0.3) is 5.60 Å². The van der Waals surface area contributed by atoms with Gasteiger partial charge in [-0.3, -0.25) is 0 Å². The summed E-state index contributed by atoms with van der Waals surface area (Å²) in [5.41, 5.74) is 0.344. The fraction of sp³-hybridized carbons (Fsp3) is 0.433. The molecule has 0 heterocycles. The Morgan fingerprint density at radius 3 is 2.00 bits per heavy atom. The maximum atomic E-state index is 12.5. The van der Waals surface area contributed by atoms with Crippen molar-refractivity contribution in [3.63, 3.8) is 0 Å². The number of rotatable bonds is 15. The minimum Gasteiger partial charge on any atom is -0.464 e. The highest BCUT2D eigenvalue weighted by atomic mass is 16.6. The van der Waals surface area contributed by atoms with Gasteiger partial charge in [-0.05, 0) is 88.4 Å². The Morgan fingerprint density at radius 2 is 1.44 bits per heavy atom. The van der Waals surface area contributed by atoms with E-state index < -0.39 is 29.6 Å². The van der Waals surface area contributed by atoms with Gasteiger partial charge in [0.05, 0.1) is 19.8 Å². The SMILES string of the molecule is CCOC(=O)C(OCCC/C=C/c1ccc(Oc2ccc(C)c(C)c2)cc1)C(O)(C(=O)OCC)C(=O)OCC. The minimum atomic E-state index is -2.99. The van der Waals surface area contributed by atoms with Gasteiger partial charge in [-0.25, -0.2) is 14.4 Å². The Labute approximate surface area is 229 Å².